The first-order valence-electron chi connectivity index (χ1n) is 7.49. The van der Waals surface area contributed by atoms with E-state index in [1.807, 2.05) is 18.2 Å². The summed E-state index contributed by atoms with van der Waals surface area (Å²) >= 11 is 0. The van der Waals surface area contributed by atoms with Gasteiger partial charge in [-0.3, -0.25) is 0 Å². The second-order valence-corrected chi connectivity index (χ2v) is 7.52. The Morgan fingerprint density at radius 3 is 2.43 bits per heavy atom. The number of hydrogen-bond acceptors (Lipinski definition) is 3. The van der Waals surface area contributed by atoms with Crippen molar-refractivity contribution in [2.45, 2.75) is 56.4 Å². The first-order chi connectivity index (χ1) is 10.0. The van der Waals surface area contributed by atoms with Crippen molar-refractivity contribution in [1.82, 2.24) is 4.31 Å². The lowest BCUT2D eigenvalue weighted by atomic mass is 9.99. The van der Waals surface area contributed by atoms with Crippen molar-refractivity contribution in [2.24, 2.45) is 0 Å². The molecule has 0 saturated heterocycles. The van der Waals surface area contributed by atoms with Crippen LogP contribution in [0.4, 0.5) is 0 Å². The molecule has 0 aromatic heterocycles. The molecule has 1 aromatic rings. The number of rotatable bonds is 7. The molecule has 4 nitrogen and oxygen atoms in total. The van der Waals surface area contributed by atoms with Crippen molar-refractivity contribution in [3.63, 3.8) is 0 Å². The molecule has 0 heterocycles. The van der Waals surface area contributed by atoms with Crippen molar-refractivity contribution in [1.29, 1.82) is 5.26 Å². The minimum absolute atomic E-state index is 0.0811. The maximum Gasteiger partial charge on any atom is 0.243 e. The van der Waals surface area contributed by atoms with Gasteiger partial charge in [-0.05, 0) is 42.9 Å². The van der Waals surface area contributed by atoms with Gasteiger partial charge in [-0.25, -0.2) is 8.42 Å². The maximum absolute atomic E-state index is 12.7. The molecule has 1 saturated carbocycles. The van der Waals surface area contributed by atoms with E-state index in [2.05, 4.69) is 13.8 Å². The Kier molecular flexibility index (Phi) is 5.02. The fourth-order valence-electron chi connectivity index (χ4n) is 2.36. The molecule has 0 bridgehead atoms. The molecular weight excluding hydrogens is 284 g/mol. The molecule has 1 unspecified atom stereocenters. The lowest BCUT2D eigenvalue weighted by Crippen LogP contribution is -2.34. The van der Waals surface area contributed by atoms with Gasteiger partial charge in [0.05, 0.1) is 11.0 Å². The average Bonchev–Trinajstić information content (AvgIpc) is 3.31. The zero-order valence-corrected chi connectivity index (χ0v) is 13.4. The molecule has 2 rings (SSSR count). The van der Waals surface area contributed by atoms with Crippen LogP contribution in [0.15, 0.2) is 29.2 Å². The highest BCUT2D eigenvalue weighted by molar-refractivity contribution is 7.89. The maximum atomic E-state index is 12.7. The fourth-order valence-corrected chi connectivity index (χ4v) is 4.05. The Bertz CT molecular complexity index is 613. The highest BCUT2D eigenvalue weighted by Crippen LogP contribution is 2.32. The summed E-state index contributed by atoms with van der Waals surface area (Å²) in [4.78, 5) is 0.333. The first-order valence-corrected chi connectivity index (χ1v) is 8.93. The Hall–Kier alpha value is -1.38. The third kappa shape index (κ3) is 3.63. The molecule has 0 spiro atoms. The van der Waals surface area contributed by atoms with Crippen LogP contribution in [0.2, 0.25) is 0 Å². The van der Waals surface area contributed by atoms with Crippen molar-refractivity contribution in [3.8, 4) is 6.07 Å². The Balaban J connectivity index is 2.23. The lowest BCUT2D eigenvalue weighted by molar-refractivity contribution is 0.411. The largest absolute Gasteiger partial charge is 0.243 e. The van der Waals surface area contributed by atoms with Crippen LogP contribution in [0.1, 0.15) is 51.0 Å². The van der Waals surface area contributed by atoms with E-state index in [1.165, 1.54) is 4.31 Å². The van der Waals surface area contributed by atoms with Crippen molar-refractivity contribution >= 4 is 10.0 Å². The van der Waals surface area contributed by atoms with Gasteiger partial charge in [0.2, 0.25) is 10.0 Å². The average molecular weight is 306 g/mol. The van der Waals surface area contributed by atoms with Crippen molar-refractivity contribution < 1.29 is 8.42 Å². The minimum Gasteiger partial charge on any atom is -0.207 e. The van der Waals surface area contributed by atoms with Crippen LogP contribution in [0.3, 0.4) is 0 Å². The zero-order chi connectivity index (χ0) is 15.5. The monoisotopic (exact) mass is 306 g/mol. The third-order valence-electron chi connectivity index (χ3n) is 4.07. The van der Waals surface area contributed by atoms with E-state index >= 15 is 0 Å². The topological polar surface area (TPSA) is 61.2 Å². The van der Waals surface area contributed by atoms with Gasteiger partial charge in [-0.15, -0.1) is 0 Å². The van der Waals surface area contributed by atoms with Gasteiger partial charge < -0.3 is 0 Å². The van der Waals surface area contributed by atoms with Crippen LogP contribution in [-0.2, 0) is 10.0 Å². The molecule has 1 aliphatic rings. The standard InChI is InChI=1S/C16H22N2O2S/c1-3-13(2)14-5-9-16(10-6-14)21(19,20)18(12-4-11-17)15-7-8-15/h5-6,9-10,13,15H,3-4,7-8,12H2,1-2H3. The molecule has 21 heavy (non-hydrogen) atoms. The van der Waals surface area contributed by atoms with Crippen LogP contribution in [0, 0.1) is 11.3 Å². The van der Waals surface area contributed by atoms with E-state index in [0.29, 0.717) is 10.8 Å². The minimum atomic E-state index is -3.48. The number of nitrogens with zero attached hydrogens (tertiary/aromatic N) is 2. The highest BCUT2D eigenvalue weighted by Gasteiger charge is 2.37. The van der Waals surface area contributed by atoms with E-state index in [-0.39, 0.29) is 19.0 Å². The molecule has 114 valence electrons. The van der Waals surface area contributed by atoms with Crippen LogP contribution < -0.4 is 0 Å². The molecule has 1 aromatic carbocycles. The lowest BCUT2D eigenvalue weighted by Gasteiger charge is -2.21. The molecular formula is C16H22N2O2S. The molecule has 0 amide bonds. The molecule has 0 N–H and O–H groups in total. The van der Waals surface area contributed by atoms with E-state index in [4.69, 9.17) is 5.26 Å². The molecule has 0 aliphatic heterocycles. The number of nitriles is 1. The SMILES string of the molecule is CCC(C)c1ccc(S(=O)(=O)N(CCC#N)C2CC2)cc1. The van der Waals surface area contributed by atoms with Gasteiger partial charge in [-0.1, -0.05) is 26.0 Å². The molecule has 1 fully saturated rings. The Morgan fingerprint density at radius 1 is 1.33 bits per heavy atom. The Morgan fingerprint density at radius 2 is 1.95 bits per heavy atom. The molecule has 1 atom stereocenters. The van der Waals surface area contributed by atoms with Gasteiger partial charge in [0, 0.05) is 19.0 Å². The van der Waals surface area contributed by atoms with Crippen molar-refractivity contribution in [2.75, 3.05) is 6.54 Å². The first kappa shape index (κ1) is 16.0. The summed E-state index contributed by atoms with van der Waals surface area (Å²) in [5.74, 6) is 0.430. The number of sulfonamides is 1. The molecule has 5 heteroatoms. The Labute approximate surface area is 127 Å². The van der Waals surface area contributed by atoms with Crippen molar-refractivity contribution in [3.05, 3.63) is 29.8 Å². The fraction of sp³-hybridized carbons (Fsp3) is 0.562. The quantitative estimate of drug-likeness (QED) is 0.776. The predicted octanol–water partition coefficient (Wildman–Crippen LogP) is 3.27. The summed E-state index contributed by atoms with van der Waals surface area (Å²) in [5, 5.41) is 8.71. The summed E-state index contributed by atoms with van der Waals surface area (Å²) in [5.41, 5.74) is 1.16. The second kappa shape index (κ2) is 6.59. The van der Waals surface area contributed by atoms with Gasteiger partial charge in [0.15, 0.2) is 0 Å². The molecule has 0 radical (unpaired) electrons. The van der Waals surface area contributed by atoms with Crippen LogP contribution >= 0.6 is 0 Å². The number of benzene rings is 1. The zero-order valence-electron chi connectivity index (χ0n) is 12.6. The predicted molar refractivity (Wildman–Crippen MR) is 82.3 cm³/mol. The summed E-state index contributed by atoms with van der Waals surface area (Å²) in [6.07, 6.45) is 3.06. The third-order valence-corrected chi connectivity index (χ3v) is 6.03. The van der Waals surface area contributed by atoms with E-state index in [1.54, 1.807) is 12.1 Å². The summed E-state index contributed by atoms with van der Waals surface area (Å²) < 4.78 is 26.9. The second-order valence-electron chi connectivity index (χ2n) is 5.63. The summed E-state index contributed by atoms with van der Waals surface area (Å²) in [7, 11) is -3.48. The summed E-state index contributed by atoms with van der Waals surface area (Å²) in [6.45, 7) is 4.54. The van der Waals surface area contributed by atoms with E-state index in [0.717, 1.165) is 24.8 Å². The normalized spacial score (nSPS) is 16.7. The molecule has 1 aliphatic carbocycles. The number of hydrogen-bond donors (Lipinski definition) is 0. The van der Waals surface area contributed by atoms with Crippen LogP contribution in [0.5, 0.6) is 0 Å². The van der Waals surface area contributed by atoms with Crippen LogP contribution in [0.25, 0.3) is 0 Å². The smallest absolute Gasteiger partial charge is 0.207 e. The van der Waals surface area contributed by atoms with E-state index in [9.17, 15) is 8.42 Å². The van der Waals surface area contributed by atoms with Gasteiger partial charge in [0.1, 0.15) is 0 Å². The summed E-state index contributed by atoms with van der Waals surface area (Å²) in [6, 6.07) is 9.30. The van der Waals surface area contributed by atoms with Crippen LogP contribution in [-0.4, -0.2) is 25.3 Å². The highest BCUT2D eigenvalue weighted by atomic mass is 32.2. The van der Waals surface area contributed by atoms with E-state index < -0.39 is 10.0 Å². The van der Waals surface area contributed by atoms with Gasteiger partial charge >= 0.3 is 0 Å². The van der Waals surface area contributed by atoms with Gasteiger partial charge in [0.25, 0.3) is 0 Å². The van der Waals surface area contributed by atoms with Gasteiger partial charge in [-0.2, -0.15) is 9.57 Å².